The highest BCUT2D eigenvalue weighted by atomic mass is 16.2. The van der Waals surface area contributed by atoms with Crippen LogP contribution in [-0.2, 0) is 0 Å². The van der Waals surface area contributed by atoms with E-state index >= 15 is 0 Å². The molecule has 1 aromatic carbocycles. The molecule has 1 aliphatic rings. The molecule has 7 heteroatoms. The van der Waals surface area contributed by atoms with Crippen molar-refractivity contribution in [2.45, 2.75) is 25.8 Å². The second kappa shape index (κ2) is 6.84. The zero-order chi connectivity index (χ0) is 18.1. The lowest BCUT2D eigenvalue weighted by atomic mass is 10.2. The minimum atomic E-state index is -0.0334. The second-order valence-electron chi connectivity index (χ2n) is 6.67. The van der Waals surface area contributed by atoms with Crippen molar-refractivity contribution in [2.75, 3.05) is 20.1 Å². The molecule has 1 N–H and O–H groups in total. The maximum atomic E-state index is 13.0. The lowest BCUT2D eigenvalue weighted by molar-refractivity contribution is 0.0730. The molecule has 3 heterocycles. The lowest BCUT2D eigenvalue weighted by Gasteiger charge is -2.23. The van der Waals surface area contributed by atoms with Gasteiger partial charge >= 0.3 is 0 Å². The third-order valence-electron chi connectivity index (χ3n) is 5.01. The first-order valence-corrected chi connectivity index (χ1v) is 8.92. The number of rotatable bonds is 4. The maximum absolute atomic E-state index is 13.0. The highest BCUT2D eigenvalue weighted by Gasteiger charge is 2.31. The number of amides is 1. The van der Waals surface area contributed by atoms with Gasteiger partial charge in [0, 0.05) is 30.7 Å². The van der Waals surface area contributed by atoms with E-state index in [0.29, 0.717) is 5.69 Å². The van der Waals surface area contributed by atoms with Gasteiger partial charge in [-0.05, 0) is 51.1 Å². The fourth-order valence-corrected chi connectivity index (χ4v) is 3.65. The topological polar surface area (TPSA) is 75.9 Å². The van der Waals surface area contributed by atoms with Crippen molar-refractivity contribution in [3.8, 4) is 5.69 Å². The van der Waals surface area contributed by atoms with Crippen LogP contribution in [0.15, 0.2) is 36.5 Å². The molecular formula is C19H22N6O. The van der Waals surface area contributed by atoms with Gasteiger partial charge in [0.25, 0.3) is 5.91 Å². The summed E-state index contributed by atoms with van der Waals surface area (Å²) in [5, 5.41) is 12.6. The highest BCUT2D eigenvalue weighted by Crippen LogP contribution is 2.22. The van der Waals surface area contributed by atoms with Crippen molar-refractivity contribution in [1.82, 2.24) is 30.2 Å². The molecule has 4 rings (SSSR count). The zero-order valence-electron chi connectivity index (χ0n) is 15.0. The molecule has 3 aromatic rings. The van der Waals surface area contributed by atoms with Gasteiger partial charge < -0.3 is 10.2 Å². The van der Waals surface area contributed by atoms with Crippen LogP contribution in [0, 0.1) is 6.92 Å². The molecule has 1 atom stereocenters. The fraction of sp³-hybridized carbons (Fsp3) is 0.368. The molecule has 1 saturated heterocycles. The first-order valence-electron chi connectivity index (χ1n) is 8.92. The fourth-order valence-electron chi connectivity index (χ4n) is 3.65. The molecule has 1 fully saturated rings. The van der Waals surface area contributed by atoms with E-state index in [-0.39, 0.29) is 11.9 Å². The lowest BCUT2D eigenvalue weighted by Crippen LogP contribution is -2.41. The van der Waals surface area contributed by atoms with Crippen LogP contribution < -0.4 is 5.32 Å². The monoisotopic (exact) mass is 350 g/mol. The Kier molecular flexibility index (Phi) is 4.38. The number of nitrogens with one attached hydrogen (secondary N) is 1. The number of fused-ring (bicyclic) bond motifs is 1. The number of nitrogens with zero attached hydrogens (tertiary/aromatic N) is 5. The molecular weight excluding hydrogens is 328 g/mol. The van der Waals surface area contributed by atoms with Gasteiger partial charge in [-0.2, -0.15) is 0 Å². The number of likely N-dealkylation sites (tertiary alicyclic amines) is 1. The Labute approximate surface area is 152 Å². The van der Waals surface area contributed by atoms with Gasteiger partial charge in [-0.3, -0.25) is 9.78 Å². The van der Waals surface area contributed by atoms with Crippen LogP contribution in [0.3, 0.4) is 0 Å². The molecule has 1 unspecified atom stereocenters. The van der Waals surface area contributed by atoms with E-state index < -0.39 is 0 Å². The van der Waals surface area contributed by atoms with Crippen molar-refractivity contribution in [3.63, 3.8) is 0 Å². The van der Waals surface area contributed by atoms with Crippen molar-refractivity contribution < 1.29 is 4.79 Å². The van der Waals surface area contributed by atoms with E-state index in [1.807, 2.05) is 49.2 Å². The van der Waals surface area contributed by atoms with Gasteiger partial charge in [-0.15, -0.1) is 5.10 Å². The Morgan fingerprint density at radius 2 is 2.23 bits per heavy atom. The van der Waals surface area contributed by atoms with Crippen molar-refractivity contribution >= 4 is 16.8 Å². The molecule has 2 aromatic heterocycles. The molecule has 1 amide bonds. The van der Waals surface area contributed by atoms with Crippen LogP contribution in [0.5, 0.6) is 0 Å². The van der Waals surface area contributed by atoms with Crippen LogP contribution in [0.4, 0.5) is 0 Å². The number of carbonyl (C=O) groups is 1. The molecule has 134 valence electrons. The Bertz CT molecular complexity index is 950. The third-order valence-corrected chi connectivity index (χ3v) is 5.01. The number of benzene rings is 1. The normalized spacial score (nSPS) is 17.2. The van der Waals surface area contributed by atoms with Crippen LogP contribution in [0.2, 0.25) is 0 Å². The smallest absolute Gasteiger partial charge is 0.276 e. The first kappa shape index (κ1) is 16.7. The highest BCUT2D eigenvalue weighted by molar-refractivity contribution is 5.93. The van der Waals surface area contributed by atoms with E-state index in [4.69, 9.17) is 0 Å². The molecule has 0 spiro atoms. The summed E-state index contributed by atoms with van der Waals surface area (Å²) in [6.07, 6.45) is 3.83. The summed E-state index contributed by atoms with van der Waals surface area (Å²) in [4.78, 5) is 19.2. The largest absolute Gasteiger partial charge is 0.333 e. The summed E-state index contributed by atoms with van der Waals surface area (Å²) >= 11 is 0. The number of hydrogen-bond donors (Lipinski definition) is 1. The molecule has 0 aliphatic carbocycles. The Balaban J connectivity index is 1.66. The number of pyridine rings is 1. The average Bonchev–Trinajstić information content (AvgIpc) is 3.28. The van der Waals surface area contributed by atoms with E-state index in [1.54, 1.807) is 10.9 Å². The quantitative estimate of drug-likeness (QED) is 0.778. The summed E-state index contributed by atoms with van der Waals surface area (Å²) in [6, 6.07) is 10.1. The SMILES string of the molecule is CNCC1CCCN1C(=O)c1nnn(-c2ccc3ncccc3c2)c1C. The number of likely N-dealkylation sites (N-methyl/N-ethyl adjacent to an activating group) is 1. The van der Waals surface area contributed by atoms with Crippen LogP contribution in [-0.4, -0.2) is 57.0 Å². The summed E-state index contributed by atoms with van der Waals surface area (Å²) in [6.45, 7) is 3.47. The standard InChI is InChI=1S/C19H22N6O/c1-13-18(19(26)24-10-4-6-16(24)12-20-2)22-23-25(13)15-7-8-17-14(11-15)5-3-9-21-17/h3,5,7-9,11,16,20H,4,6,10,12H2,1-2H3. The van der Waals surface area contributed by atoms with Gasteiger partial charge in [0.05, 0.1) is 16.9 Å². The second-order valence-corrected chi connectivity index (χ2v) is 6.67. The van der Waals surface area contributed by atoms with Crippen molar-refractivity contribution in [2.24, 2.45) is 0 Å². The Hall–Kier alpha value is -2.80. The van der Waals surface area contributed by atoms with E-state index in [0.717, 1.165) is 48.2 Å². The molecule has 0 bridgehead atoms. The average molecular weight is 350 g/mol. The first-order chi connectivity index (χ1) is 12.7. The minimum Gasteiger partial charge on any atom is -0.333 e. The molecule has 0 radical (unpaired) electrons. The van der Waals surface area contributed by atoms with Crippen molar-refractivity contribution in [1.29, 1.82) is 0 Å². The van der Waals surface area contributed by atoms with Crippen LogP contribution in [0.25, 0.3) is 16.6 Å². The summed E-state index contributed by atoms with van der Waals surface area (Å²) < 4.78 is 1.73. The third kappa shape index (κ3) is 2.84. The summed E-state index contributed by atoms with van der Waals surface area (Å²) in [5.74, 6) is -0.0334. The number of carbonyl (C=O) groups excluding carboxylic acids is 1. The van der Waals surface area contributed by atoms with Gasteiger partial charge in [0.2, 0.25) is 0 Å². The van der Waals surface area contributed by atoms with E-state index in [2.05, 4.69) is 20.6 Å². The van der Waals surface area contributed by atoms with Gasteiger partial charge in [-0.25, -0.2) is 4.68 Å². The van der Waals surface area contributed by atoms with E-state index in [1.165, 1.54) is 0 Å². The van der Waals surface area contributed by atoms with Gasteiger partial charge in [-0.1, -0.05) is 11.3 Å². The summed E-state index contributed by atoms with van der Waals surface area (Å²) in [5.41, 5.74) is 2.99. The minimum absolute atomic E-state index is 0.0334. The predicted molar refractivity (Wildman–Crippen MR) is 99.4 cm³/mol. The Morgan fingerprint density at radius 3 is 3.08 bits per heavy atom. The van der Waals surface area contributed by atoms with Crippen LogP contribution >= 0.6 is 0 Å². The number of aromatic nitrogens is 4. The molecule has 0 saturated carbocycles. The predicted octanol–water partition coefficient (Wildman–Crippen LogP) is 1.95. The van der Waals surface area contributed by atoms with Crippen molar-refractivity contribution in [3.05, 3.63) is 47.9 Å². The van der Waals surface area contributed by atoms with Crippen LogP contribution in [0.1, 0.15) is 29.0 Å². The summed E-state index contributed by atoms with van der Waals surface area (Å²) in [7, 11) is 1.91. The number of hydrogen-bond acceptors (Lipinski definition) is 5. The molecule has 7 nitrogen and oxygen atoms in total. The maximum Gasteiger partial charge on any atom is 0.276 e. The van der Waals surface area contributed by atoms with Gasteiger partial charge in [0.1, 0.15) is 0 Å². The van der Waals surface area contributed by atoms with Gasteiger partial charge in [0.15, 0.2) is 5.69 Å². The molecule has 26 heavy (non-hydrogen) atoms. The zero-order valence-corrected chi connectivity index (χ0v) is 15.0. The molecule has 1 aliphatic heterocycles. The Morgan fingerprint density at radius 1 is 1.35 bits per heavy atom. The van der Waals surface area contributed by atoms with E-state index in [9.17, 15) is 4.79 Å².